The number of nitrogens with zero attached hydrogens (tertiary/aromatic N) is 1. The third-order valence-corrected chi connectivity index (χ3v) is 7.99. The summed E-state index contributed by atoms with van der Waals surface area (Å²) in [5, 5.41) is 49.7. The van der Waals surface area contributed by atoms with Gasteiger partial charge in [-0.1, -0.05) is 6.92 Å². The summed E-state index contributed by atoms with van der Waals surface area (Å²) in [4.78, 5) is 52.6. The topological polar surface area (TPSA) is 203 Å². The van der Waals surface area contributed by atoms with Gasteiger partial charge in [0.1, 0.15) is 17.0 Å². The molecule has 8 N–H and O–H groups in total. The molecule has 0 aliphatic heterocycles. The number of anilines is 1. The number of likely N-dealkylation sites (N-methyl/N-ethyl adjacent to an activating group) is 1. The van der Waals surface area contributed by atoms with E-state index in [2.05, 4.69) is 10.6 Å². The zero-order chi connectivity index (χ0) is 29.0. The molecule has 0 heterocycles. The van der Waals surface area contributed by atoms with Gasteiger partial charge in [0, 0.05) is 0 Å². The van der Waals surface area contributed by atoms with Crippen LogP contribution in [-0.2, 0) is 20.8 Å². The minimum Gasteiger partial charge on any atom is -0.511 e. The van der Waals surface area contributed by atoms with Crippen LogP contribution in [-0.4, -0.2) is 87.7 Å². The summed E-state index contributed by atoms with van der Waals surface area (Å²) >= 11 is 0. The van der Waals surface area contributed by atoms with Gasteiger partial charge in [-0.25, -0.2) is 4.39 Å². The highest BCUT2D eigenvalue weighted by Gasteiger charge is 2.64. The lowest BCUT2D eigenvalue weighted by molar-refractivity contribution is -0.265. The highest BCUT2D eigenvalue weighted by molar-refractivity contribution is 6.21. The number of benzene rings is 1. The number of rotatable bonds is 7. The molecule has 0 spiro atoms. The Kier molecular flexibility index (Phi) is 7.56. The molecule has 3 aliphatic carbocycles. The number of primary amides is 1. The van der Waals surface area contributed by atoms with Gasteiger partial charge in [0.15, 0.2) is 28.9 Å². The predicted molar refractivity (Wildman–Crippen MR) is 135 cm³/mol. The van der Waals surface area contributed by atoms with Crippen LogP contribution in [0.2, 0.25) is 0 Å². The first-order valence-corrected chi connectivity index (χ1v) is 12.7. The number of carbonyl (C=O) groups excluding carboxylic acids is 4. The molecule has 0 aromatic heterocycles. The standard InChI is InChI=1S/C26H33FN4O8/c1-4-5-29-9-14(32)30-19-13(27)8-10-6-11-7-12-18(26(38,39)17(11)21(33)15(10)23(19)35)22(34)16(25(28)37)24(36)20(12)31(2)3/h8,11-12,17-18,20,29,34-35,38-39H,4-7,9H2,1-3H3,(H2,28,37)(H,30,32)/t11?,12?,17?,18?,20-/m0/s1. The zero-order valence-corrected chi connectivity index (χ0v) is 21.8. The number of ketones is 2. The SMILES string of the molecule is CCCNCC(=O)Nc1c(F)cc2c(c1O)C(=O)C1C(C2)CC2C(C(O)=C(C(N)=O)C(=O)[C@H]2N(C)C)C1(O)O. The van der Waals surface area contributed by atoms with E-state index in [0.717, 1.165) is 12.5 Å². The first-order valence-electron chi connectivity index (χ1n) is 12.7. The minimum atomic E-state index is -2.96. The summed E-state index contributed by atoms with van der Waals surface area (Å²) < 4.78 is 15.0. The number of carbonyl (C=O) groups is 4. The maximum atomic E-state index is 15.0. The monoisotopic (exact) mass is 548 g/mol. The van der Waals surface area contributed by atoms with E-state index >= 15 is 4.39 Å². The van der Waals surface area contributed by atoms with Gasteiger partial charge < -0.3 is 36.8 Å². The fourth-order valence-corrected chi connectivity index (χ4v) is 6.53. The van der Waals surface area contributed by atoms with Crippen molar-refractivity contribution < 1.29 is 44.0 Å². The molecule has 12 nitrogen and oxygen atoms in total. The van der Waals surface area contributed by atoms with Crippen LogP contribution in [0.4, 0.5) is 10.1 Å². The molecule has 1 fully saturated rings. The maximum Gasteiger partial charge on any atom is 0.255 e. The van der Waals surface area contributed by atoms with E-state index in [1.807, 2.05) is 6.92 Å². The van der Waals surface area contributed by atoms with Crippen LogP contribution in [0.25, 0.3) is 0 Å². The minimum absolute atomic E-state index is 0.0397. The number of phenols is 1. The van der Waals surface area contributed by atoms with Crippen molar-refractivity contribution in [2.24, 2.45) is 29.4 Å². The third-order valence-electron chi connectivity index (χ3n) is 7.99. The van der Waals surface area contributed by atoms with E-state index in [-0.39, 0.29) is 30.5 Å². The zero-order valence-electron chi connectivity index (χ0n) is 21.8. The normalized spacial score (nSPS) is 27.6. The molecule has 1 aromatic carbocycles. The Morgan fingerprint density at radius 3 is 2.44 bits per heavy atom. The Balaban J connectivity index is 1.78. The van der Waals surface area contributed by atoms with Gasteiger partial charge in [0.2, 0.25) is 5.91 Å². The number of amides is 2. The molecule has 5 atom stereocenters. The van der Waals surface area contributed by atoms with Gasteiger partial charge in [-0.15, -0.1) is 0 Å². The molecular weight excluding hydrogens is 515 g/mol. The van der Waals surface area contributed by atoms with Gasteiger partial charge in [-0.3, -0.25) is 24.1 Å². The van der Waals surface area contributed by atoms with Crippen molar-refractivity contribution in [2.45, 2.75) is 38.0 Å². The molecule has 0 saturated heterocycles. The number of hydrogen-bond acceptors (Lipinski definition) is 10. The van der Waals surface area contributed by atoms with E-state index in [9.17, 15) is 39.6 Å². The quantitative estimate of drug-likeness (QED) is 0.101. The Labute approximate surface area is 223 Å². The number of aromatic hydroxyl groups is 1. The lowest BCUT2D eigenvalue weighted by atomic mass is 9.54. The summed E-state index contributed by atoms with van der Waals surface area (Å²) in [5.74, 6) is -14.3. The molecule has 4 unspecified atom stereocenters. The summed E-state index contributed by atoms with van der Waals surface area (Å²) in [6.45, 7) is 2.26. The van der Waals surface area contributed by atoms with Gasteiger partial charge in [-0.05, 0) is 63.4 Å². The van der Waals surface area contributed by atoms with E-state index < -0.39 is 87.5 Å². The average Bonchev–Trinajstić information content (AvgIpc) is 2.80. The number of fused-ring (bicyclic) bond motifs is 3. The number of hydrogen-bond donors (Lipinski definition) is 7. The Morgan fingerprint density at radius 1 is 1.18 bits per heavy atom. The molecule has 1 aromatic rings. The van der Waals surface area contributed by atoms with Crippen molar-refractivity contribution in [3.8, 4) is 5.75 Å². The van der Waals surface area contributed by atoms with E-state index in [4.69, 9.17) is 5.73 Å². The highest BCUT2D eigenvalue weighted by atomic mass is 19.1. The van der Waals surface area contributed by atoms with Gasteiger partial charge >= 0.3 is 0 Å². The van der Waals surface area contributed by atoms with Crippen LogP contribution < -0.4 is 16.4 Å². The highest BCUT2D eigenvalue weighted by Crippen LogP contribution is 2.55. The molecule has 212 valence electrons. The second kappa shape index (κ2) is 10.3. The second-order valence-corrected chi connectivity index (χ2v) is 10.7. The predicted octanol–water partition coefficient (Wildman–Crippen LogP) is -0.432. The summed E-state index contributed by atoms with van der Waals surface area (Å²) in [5.41, 5.74) is 3.68. The van der Waals surface area contributed by atoms with Crippen molar-refractivity contribution in [1.29, 1.82) is 0 Å². The van der Waals surface area contributed by atoms with Crippen molar-refractivity contribution in [3.63, 3.8) is 0 Å². The first kappa shape index (κ1) is 28.6. The van der Waals surface area contributed by atoms with E-state index in [0.29, 0.717) is 6.54 Å². The molecule has 2 amide bonds. The van der Waals surface area contributed by atoms with Crippen LogP contribution in [0.5, 0.6) is 5.75 Å². The van der Waals surface area contributed by atoms with Crippen LogP contribution in [0.15, 0.2) is 17.4 Å². The Bertz CT molecular complexity index is 1280. The number of aliphatic hydroxyl groups is 3. The Hall–Kier alpha value is -3.39. The van der Waals surface area contributed by atoms with Crippen molar-refractivity contribution in [2.75, 3.05) is 32.5 Å². The number of aliphatic hydroxyl groups excluding tert-OH is 1. The van der Waals surface area contributed by atoms with Crippen molar-refractivity contribution in [1.82, 2.24) is 10.2 Å². The fraction of sp³-hybridized carbons (Fsp3) is 0.538. The maximum absolute atomic E-state index is 15.0. The number of nitrogens with one attached hydrogen (secondary N) is 2. The van der Waals surface area contributed by atoms with Crippen LogP contribution >= 0.6 is 0 Å². The van der Waals surface area contributed by atoms with Gasteiger partial charge in [-0.2, -0.15) is 0 Å². The Morgan fingerprint density at radius 2 is 1.85 bits per heavy atom. The van der Waals surface area contributed by atoms with Gasteiger partial charge in [0.05, 0.1) is 30.0 Å². The molecule has 1 saturated carbocycles. The molecule has 3 aliphatic rings. The number of Topliss-reactive ketones (excluding diaryl/α,β-unsaturated/α-hetero) is 2. The summed E-state index contributed by atoms with van der Waals surface area (Å²) in [7, 11) is 3.09. The smallest absolute Gasteiger partial charge is 0.255 e. The van der Waals surface area contributed by atoms with Crippen LogP contribution in [0, 0.1) is 29.5 Å². The lowest BCUT2D eigenvalue weighted by Crippen LogP contribution is -2.65. The van der Waals surface area contributed by atoms with E-state index in [1.54, 1.807) is 14.1 Å². The molecule has 13 heteroatoms. The molecule has 4 rings (SSSR count). The largest absolute Gasteiger partial charge is 0.511 e. The lowest BCUT2D eigenvalue weighted by Gasteiger charge is -2.54. The van der Waals surface area contributed by atoms with Crippen LogP contribution in [0.1, 0.15) is 35.7 Å². The fourth-order valence-electron chi connectivity index (χ4n) is 6.53. The number of halogens is 1. The molecule has 0 radical (unpaired) electrons. The van der Waals surface area contributed by atoms with E-state index in [1.165, 1.54) is 4.90 Å². The molecular formula is C26H33FN4O8. The summed E-state index contributed by atoms with van der Waals surface area (Å²) in [6.07, 6.45) is 0.734. The number of phenolic OH excluding ortho intramolecular Hbond substituents is 1. The van der Waals surface area contributed by atoms with Crippen molar-refractivity contribution >= 4 is 29.1 Å². The first-order chi connectivity index (χ1) is 18.2. The average molecular weight is 549 g/mol. The third kappa shape index (κ3) is 4.58. The molecule has 39 heavy (non-hydrogen) atoms. The van der Waals surface area contributed by atoms with Crippen molar-refractivity contribution in [3.05, 3.63) is 34.3 Å². The summed E-state index contributed by atoms with van der Waals surface area (Å²) in [6, 6.07) is -0.0488. The van der Waals surface area contributed by atoms with Crippen LogP contribution in [0.3, 0.4) is 0 Å². The number of nitrogens with two attached hydrogens (primary N) is 1. The van der Waals surface area contributed by atoms with Gasteiger partial charge in [0.25, 0.3) is 5.91 Å². The second-order valence-electron chi connectivity index (χ2n) is 10.7. The molecule has 0 bridgehead atoms.